The summed E-state index contributed by atoms with van der Waals surface area (Å²) in [6.45, 7) is 3.68. The molecule has 1 N–H and O–H groups in total. The molecule has 14 heavy (non-hydrogen) atoms. The third-order valence-electron chi connectivity index (χ3n) is 1.89. The number of rotatable bonds is 2. The SMILES string of the molecule is CC(C)c1nn(C)c(S(C)(=O)=O)c1O. The number of aromatic hydroxyl groups is 1. The number of nitrogens with zero attached hydrogens (tertiary/aromatic N) is 2. The Morgan fingerprint density at radius 1 is 1.43 bits per heavy atom. The molecule has 0 unspecified atom stereocenters. The van der Waals surface area contributed by atoms with Crippen LogP contribution < -0.4 is 0 Å². The molecule has 0 fully saturated rings. The summed E-state index contributed by atoms with van der Waals surface area (Å²) in [7, 11) is -1.92. The average molecular weight is 218 g/mol. The summed E-state index contributed by atoms with van der Waals surface area (Å²) in [4.78, 5) is 0. The lowest BCUT2D eigenvalue weighted by Crippen LogP contribution is -2.05. The Kier molecular flexibility index (Phi) is 2.58. The first-order valence-corrected chi connectivity index (χ1v) is 6.10. The highest BCUT2D eigenvalue weighted by molar-refractivity contribution is 7.90. The van der Waals surface area contributed by atoms with Crippen molar-refractivity contribution in [3.05, 3.63) is 5.69 Å². The summed E-state index contributed by atoms with van der Waals surface area (Å²) in [5.41, 5.74) is 0.410. The van der Waals surface area contributed by atoms with Crippen molar-refractivity contribution in [3.63, 3.8) is 0 Å². The van der Waals surface area contributed by atoms with Crippen LogP contribution in [0.1, 0.15) is 25.5 Å². The molecule has 6 heteroatoms. The minimum atomic E-state index is -3.43. The molecule has 0 saturated heterocycles. The molecule has 0 radical (unpaired) electrons. The van der Waals surface area contributed by atoms with E-state index in [0.29, 0.717) is 5.69 Å². The van der Waals surface area contributed by atoms with E-state index in [1.54, 1.807) is 0 Å². The quantitative estimate of drug-likeness (QED) is 0.791. The molecule has 0 bridgehead atoms. The molecule has 0 aliphatic heterocycles. The van der Waals surface area contributed by atoms with Crippen LogP contribution in [0.15, 0.2) is 5.03 Å². The van der Waals surface area contributed by atoms with E-state index in [4.69, 9.17) is 0 Å². The molecule has 1 rings (SSSR count). The van der Waals surface area contributed by atoms with Crippen LogP contribution in [0.25, 0.3) is 0 Å². The minimum Gasteiger partial charge on any atom is -0.504 e. The van der Waals surface area contributed by atoms with Crippen molar-refractivity contribution < 1.29 is 13.5 Å². The van der Waals surface area contributed by atoms with Crippen molar-refractivity contribution >= 4 is 9.84 Å². The van der Waals surface area contributed by atoms with Crippen LogP contribution in [0.4, 0.5) is 0 Å². The van der Waals surface area contributed by atoms with E-state index in [-0.39, 0.29) is 16.7 Å². The van der Waals surface area contributed by atoms with Gasteiger partial charge in [-0.3, -0.25) is 4.68 Å². The molecule has 80 valence electrons. The molecular weight excluding hydrogens is 204 g/mol. The predicted molar refractivity (Wildman–Crippen MR) is 52.1 cm³/mol. The normalized spacial score (nSPS) is 12.4. The highest BCUT2D eigenvalue weighted by Gasteiger charge is 2.24. The minimum absolute atomic E-state index is 0.00306. The zero-order valence-electron chi connectivity index (χ0n) is 8.64. The second kappa shape index (κ2) is 3.27. The van der Waals surface area contributed by atoms with Crippen LogP contribution >= 0.6 is 0 Å². The Morgan fingerprint density at radius 2 is 1.93 bits per heavy atom. The Labute approximate surface area is 83.3 Å². The van der Waals surface area contributed by atoms with Crippen molar-refractivity contribution in [3.8, 4) is 5.75 Å². The lowest BCUT2D eigenvalue weighted by atomic mass is 10.1. The van der Waals surface area contributed by atoms with Crippen molar-refractivity contribution in [2.24, 2.45) is 7.05 Å². The highest BCUT2D eigenvalue weighted by atomic mass is 32.2. The maximum atomic E-state index is 11.3. The van der Waals surface area contributed by atoms with Gasteiger partial charge in [-0.2, -0.15) is 5.10 Å². The first-order valence-electron chi connectivity index (χ1n) is 4.21. The van der Waals surface area contributed by atoms with Gasteiger partial charge in [-0.25, -0.2) is 8.42 Å². The van der Waals surface area contributed by atoms with Gasteiger partial charge in [0.1, 0.15) is 5.69 Å². The smallest absolute Gasteiger partial charge is 0.196 e. The van der Waals surface area contributed by atoms with Gasteiger partial charge in [0.05, 0.1) is 0 Å². The molecule has 1 aromatic heterocycles. The van der Waals surface area contributed by atoms with Crippen LogP contribution in [0.3, 0.4) is 0 Å². The fourth-order valence-corrected chi connectivity index (χ4v) is 2.30. The lowest BCUT2D eigenvalue weighted by Gasteiger charge is -1.99. The third kappa shape index (κ3) is 1.75. The first kappa shape index (κ1) is 11.0. The van der Waals surface area contributed by atoms with E-state index in [1.165, 1.54) is 11.7 Å². The van der Waals surface area contributed by atoms with Crippen LogP contribution in [0, 0.1) is 0 Å². The summed E-state index contributed by atoms with van der Waals surface area (Å²) in [6.07, 6.45) is 1.05. The number of sulfone groups is 1. The van der Waals surface area contributed by atoms with Crippen LogP contribution in [-0.2, 0) is 16.9 Å². The molecule has 0 aliphatic rings. The summed E-state index contributed by atoms with van der Waals surface area (Å²) in [6, 6.07) is 0. The largest absolute Gasteiger partial charge is 0.504 e. The van der Waals surface area contributed by atoms with Crippen LogP contribution in [-0.4, -0.2) is 29.6 Å². The molecule has 1 aromatic rings. The second-order valence-corrected chi connectivity index (χ2v) is 5.52. The monoisotopic (exact) mass is 218 g/mol. The van der Waals surface area contributed by atoms with Gasteiger partial charge in [0.15, 0.2) is 20.6 Å². The van der Waals surface area contributed by atoms with E-state index >= 15 is 0 Å². The van der Waals surface area contributed by atoms with Gasteiger partial charge in [-0.1, -0.05) is 13.8 Å². The van der Waals surface area contributed by atoms with E-state index in [0.717, 1.165) is 6.26 Å². The highest BCUT2D eigenvalue weighted by Crippen LogP contribution is 2.30. The Hall–Kier alpha value is -1.04. The molecule has 0 saturated carbocycles. The summed E-state index contributed by atoms with van der Waals surface area (Å²) < 4.78 is 23.8. The van der Waals surface area contributed by atoms with Gasteiger partial charge in [0.2, 0.25) is 0 Å². The topological polar surface area (TPSA) is 72.2 Å². The van der Waals surface area contributed by atoms with Crippen LogP contribution in [0.2, 0.25) is 0 Å². The third-order valence-corrected chi connectivity index (χ3v) is 3.05. The number of hydrogen-bond donors (Lipinski definition) is 1. The van der Waals surface area contributed by atoms with Gasteiger partial charge in [0, 0.05) is 19.2 Å². The molecule has 0 spiro atoms. The van der Waals surface area contributed by atoms with Crippen molar-refractivity contribution in [2.75, 3.05) is 6.26 Å². The van der Waals surface area contributed by atoms with Gasteiger partial charge in [0.25, 0.3) is 0 Å². The Balaban J connectivity index is 3.48. The lowest BCUT2D eigenvalue weighted by molar-refractivity contribution is 0.445. The van der Waals surface area contributed by atoms with E-state index in [1.807, 2.05) is 13.8 Å². The van der Waals surface area contributed by atoms with Crippen molar-refractivity contribution in [1.29, 1.82) is 0 Å². The maximum Gasteiger partial charge on any atom is 0.196 e. The molecule has 5 nitrogen and oxygen atoms in total. The number of aryl methyl sites for hydroxylation is 1. The van der Waals surface area contributed by atoms with Gasteiger partial charge in [-0.15, -0.1) is 0 Å². The van der Waals surface area contributed by atoms with E-state index in [2.05, 4.69) is 5.10 Å². The second-order valence-electron chi connectivity index (χ2n) is 3.59. The maximum absolute atomic E-state index is 11.3. The van der Waals surface area contributed by atoms with Gasteiger partial charge < -0.3 is 5.11 Å². The standard InChI is InChI=1S/C8H14N2O3S/c1-5(2)6-7(11)8(10(3)9-6)14(4,12)13/h5,11H,1-4H3. The van der Waals surface area contributed by atoms with Crippen LogP contribution in [0.5, 0.6) is 5.75 Å². The summed E-state index contributed by atoms with van der Waals surface area (Å²) in [5, 5.41) is 13.5. The van der Waals surface area contributed by atoms with E-state index in [9.17, 15) is 13.5 Å². The van der Waals surface area contributed by atoms with Crippen molar-refractivity contribution in [1.82, 2.24) is 9.78 Å². The molecule has 0 atom stereocenters. The number of hydrogen-bond acceptors (Lipinski definition) is 4. The number of aromatic nitrogens is 2. The summed E-state index contributed by atoms with van der Waals surface area (Å²) in [5.74, 6) is -0.235. The van der Waals surface area contributed by atoms with Gasteiger partial charge >= 0.3 is 0 Å². The average Bonchev–Trinajstić information content (AvgIpc) is 2.24. The molecule has 1 heterocycles. The first-order chi connectivity index (χ1) is 6.25. The zero-order chi connectivity index (χ0) is 11.1. The molecule has 0 aromatic carbocycles. The predicted octanol–water partition coefficient (Wildman–Crippen LogP) is 0.653. The fourth-order valence-electron chi connectivity index (χ4n) is 1.32. The molecule has 0 aliphatic carbocycles. The zero-order valence-corrected chi connectivity index (χ0v) is 9.46. The fraction of sp³-hybridized carbons (Fsp3) is 0.625. The molecular formula is C8H14N2O3S. The Morgan fingerprint density at radius 3 is 2.14 bits per heavy atom. The molecule has 0 amide bonds. The van der Waals surface area contributed by atoms with E-state index < -0.39 is 9.84 Å². The van der Waals surface area contributed by atoms with Gasteiger partial charge in [-0.05, 0) is 0 Å². The summed E-state index contributed by atoms with van der Waals surface area (Å²) >= 11 is 0. The van der Waals surface area contributed by atoms with Crippen molar-refractivity contribution in [2.45, 2.75) is 24.8 Å². The Bertz CT molecular complexity index is 445.